The number of nitrogens with two attached hydrogens (primary N) is 1. The lowest BCUT2D eigenvalue weighted by Crippen LogP contribution is -2.40. The van der Waals surface area contributed by atoms with E-state index in [1.54, 1.807) is 6.07 Å². The molecule has 0 saturated heterocycles. The lowest BCUT2D eigenvalue weighted by Gasteiger charge is -2.26. The van der Waals surface area contributed by atoms with E-state index in [4.69, 9.17) is 5.73 Å². The first-order valence-electron chi connectivity index (χ1n) is 7.69. The van der Waals surface area contributed by atoms with E-state index in [1.807, 2.05) is 6.07 Å². The molecular formula is C16H22FN3O. The quantitative estimate of drug-likeness (QED) is 0.797. The Hall–Kier alpha value is -1.46. The fourth-order valence-corrected chi connectivity index (χ4v) is 3.46. The van der Waals surface area contributed by atoms with E-state index in [0.717, 1.165) is 43.4 Å². The number of halogens is 1. The Morgan fingerprint density at radius 1 is 1.38 bits per heavy atom. The number of fused-ring (bicyclic) bond motifs is 1. The highest BCUT2D eigenvalue weighted by Gasteiger charge is 2.40. The zero-order valence-corrected chi connectivity index (χ0v) is 12.2. The molecule has 4 nitrogen and oxygen atoms in total. The standard InChI is InChI=1S/C16H22FN3O/c17-14-12-5-8-19-9-11(12)3-4-13(14)20-15(21)16(10-18)6-1-2-7-16/h3-4,19H,1-2,5-10,18H2,(H,20,21). The van der Waals surface area contributed by atoms with Gasteiger partial charge in [-0.3, -0.25) is 4.79 Å². The van der Waals surface area contributed by atoms with Crippen molar-refractivity contribution >= 4 is 11.6 Å². The molecule has 1 heterocycles. The van der Waals surface area contributed by atoms with Crippen LogP contribution in [0, 0.1) is 11.2 Å². The minimum Gasteiger partial charge on any atom is -0.329 e. The zero-order valence-electron chi connectivity index (χ0n) is 12.2. The third-order valence-corrected chi connectivity index (χ3v) is 4.89. The molecule has 2 aliphatic rings. The molecule has 1 fully saturated rings. The predicted molar refractivity (Wildman–Crippen MR) is 80.4 cm³/mol. The molecule has 1 aromatic rings. The van der Waals surface area contributed by atoms with Gasteiger partial charge in [0.1, 0.15) is 5.82 Å². The second-order valence-corrected chi connectivity index (χ2v) is 6.14. The molecule has 0 unspecified atom stereocenters. The minimum absolute atomic E-state index is 0.129. The average Bonchev–Trinajstić information content (AvgIpc) is 3.00. The van der Waals surface area contributed by atoms with Crippen molar-refractivity contribution in [2.24, 2.45) is 11.1 Å². The highest BCUT2D eigenvalue weighted by molar-refractivity contribution is 5.96. The summed E-state index contributed by atoms with van der Waals surface area (Å²) in [4.78, 5) is 12.5. The molecule has 0 spiro atoms. The van der Waals surface area contributed by atoms with E-state index in [1.165, 1.54) is 0 Å². The summed E-state index contributed by atoms with van der Waals surface area (Å²) in [5.41, 5.74) is 7.29. The van der Waals surface area contributed by atoms with Gasteiger partial charge in [0.25, 0.3) is 0 Å². The smallest absolute Gasteiger partial charge is 0.231 e. The maximum absolute atomic E-state index is 14.6. The summed E-state index contributed by atoms with van der Waals surface area (Å²) in [6.45, 7) is 1.79. The maximum Gasteiger partial charge on any atom is 0.231 e. The summed E-state index contributed by atoms with van der Waals surface area (Å²) in [6.07, 6.45) is 4.29. The topological polar surface area (TPSA) is 67.2 Å². The number of nitrogens with one attached hydrogen (secondary N) is 2. The second-order valence-electron chi connectivity index (χ2n) is 6.14. The fraction of sp³-hybridized carbons (Fsp3) is 0.562. The van der Waals surface area contributed by atoms with Gasteiger partial charge in [-0.25, -0.2) is 4.39 Å². The molecule has 0 bridgehead atoms. The average molecular weight is 291 g/mol. The number of benzene rings is 1. The van der Waals surface area contributed by atoms with Gasteiger partial charge in [-0.1, -0.05) is 18.9 Å². The number of hydrogen-bond acceptors (Lipinski definition) is 3. The van der Waals surface area contributed by atoms with Crippen molar-refractivity contribution in [1.82, 2.24) is 5.32 Å². The number of carbonyl (C=O) groups excluding carboxylic acids is 1. The second kappa shape index (κ2) is 5.73. The van der Waals surface area contributed by atoms with Gasteiger partial charge in [0.05, 0.1) is 11.1 Å². The van der Waals surface area contributed by atoms with Crippen LogP contribution in [-0.4, -0.2) is 19.0 Å². The number of carbonyl (C=O) groups is 1. The predicted octanol–water partition coefficient (Wildman–Crippen LogP) is 1.93. The first kappa shape index (κ1) is 14.5. The molecule has 0 radical (unpaired) electrons. The van der Waals surface area contributed by atoms with Crippen molar-refractivity contribution < 1.29 is 9.18 Å². The van der Waals surface area contributed by atoms with Gasteiger partial charge in [-0.2, -0.15) is 0 Å². The Balaban J connectivity index is 1.83. The summed E-state index contributed by atoms with van der Waals surface area (Å²) in [5, 5.41) is 6.00. The maximum atomic E-state index is 14.6. The van der Waals surface area contributed by atoms with Crippen LogP contribution in [-0.2, 0) is 17.8 Å². The van der Waals surface area contributed by atoms with Crippen LogP contribution in [0.3, 0.4) is 0 Å². The molecule has 4 N–H and O–H groups in total. The Morgan fingerprint density at radius 2 is 2.14 bits per heavy atom. The highest BCUT2D eigenvalue weighted by Crippen LogP contribution is 2.38. The monoisotopic (exact) mass is 291 g/mol. The number of hydrogen-bond donors (Lipinski definition) is 3. The van der Waals surface area contributed by atoms with E-state index in [2.05, 4.69) is 10.6 Å². The summed E-state index contributed by atoms with van der Waals surface area (Å²) >= 11 is 0. The van der Waals surface area contributed by atoms with Crippen LogP contribution < -0.4 is 16.4 Å². The van der Waals surface area contributed by atoms with Crippen molar-refractivity contribution in [3.63, 3.8) is 0 Å². The zero-order chi connectivity index (χ0) is 14.9. The molecule has 1 amide bonds. The first-order valence-corrected chi connectivity index (χ1v) is 7.69. The van der Waals surface area contributed by atoms with Gasteiger partial charge in [0.15, 0.2) is 0 Å². The van der Waals surface area contributed by atoms with Gasteiger partial charge in [0.2, 0.25) is 5.91 Å². The first-order chi connectivity index (χ1) is 10.2. The Labute approximate surface area is 124 Å². The van der Waals surface area contributed by atoms with Gasteiger partial charge >= 0.3 is 0 Å². The van der Waals surface area contributed by atoms with Crippen LogP contribution in [0.15, 0.2) is 12.1 Å². The van der Waals surface area contributed by atoms with Crippen LogP contribution in [0.2, 0.25) is 0 Å². The Kier molecular flexibility index (Phi) is 3.95. The van der Waals surface area contributed by atoms with Crippen molar-refractivity contribution in [2.45, 2.75) is 38.6 Å². The highest BCUT2D eigenvalue weighted by atomic mass is 19.1. The van der Waals surface area contributed by atoms with E-state index in [9.17, 15) is 9.18 Å². The molecule has 1 saturated carbocycles. The number of rotatable bonds is 3. The normalized spacial score (nSPS) is 20.1. The third-order valence-electron chi connectivity index (χ3n) is 4.89. The van der Waals surface area contributed by atoms with Crippen molar-refractivity contribution in [1.29, 1.82) is 0 Å². The van der Waals surface area contributed by atoms with E-state index < -0.39 is 5.41 Å². The Morgan fingerprint density at radius 3 is 2.86 bits per heavy atom. The van der Waals surface area contributed by atoms with Gasteiger partial charge in [-0.05, 0) is 43.0 Å². The molecule has 114 valence electrons. The van der Waals surface area contributed by atoms with Crippen molar-refractivity contribution in [3.05, 3.63) is 29.1 Å². The third kappa shape index (κ3) is 2.56. The van der Waals surface area contributed by atoms with Gasteiger partial charge in [-0.15, -0.1) is 0 Å². The summed E-state index contributed by atoms with van der Waals surface area (Å²) < 4.78 is 14.6. The van der Waals surface area contributed by atoms with E-state index in [0.29, 0.717) is 25.2 Å². The SMILES string of the molecule is NCC1(C(=O)Nc2ccc3c(c2F)CCNC3)CCCC1. The van der Waals surface area contributed by atoms with Crippen LogP contribution in [0.5, 0.6) is 0 Å². The van der Waals surface area contributed by atoms with Gasteiger partial charge < -0.3 is 16.4 Å². The van der Waals surface area contributed by atoms with Crippen LogP contribution in [0.25, 0.3) is 0 Å². The van der Waals surface area contributed by atoms with Crippen LogP contribution >= 0.6 is 0 Å². The van der Waals surface area contributed by atoms with E-state index >= 15 is 0 Å². The van der Waals surface area contributed by atoms with Gasteiger partial charge in [0, 0.05) is 13.1 Å². The summed E-state index contributed by atoms with van der Waals surface area (Å²) in [6, 6.07) is 3.56. The Bertz CT molecular complexity index is 553. The number of amides is 1. The molecule has 0 aromatic heterocycles. The van der Waals surface area contributed by atoms with E-state index in [-0.39, 0.29) is 11.7 Å². The molecule has 1 aromatic carbocycles. The van der Waals surface area contributed by atoms with Crippen LogP contribution in [0.4, 0.5) is 10.1 Å². The lowest BCUT2D eigenvalue weighted by atomic mass is 9.85. The molecule has 1 aliphatic carbocycles. The number of anilines is 1. The minimum atomic E-state index is -0.510. The molecule has 0 atom stereocenters. The largest absolute Gasteiger partial charge is 0.329 e. The van der Waals surface area contributed by atoms with Crippen LogP contribution in [0.1, 0.15) is 36.8 Å². The fourth-order valence-electron chi connectivity index (χ4n) is 3.46. The molecule has 1 aliphatic heterocycles. The molecule has 3 rings (SSSR count). The van der Waals surface area contributed by atoms with Crippen molar-refractivity contribution in [3.8, 4) is 0 Å². The molecule has 5 heteroatoms. The summed E-state index contributed by atoms with van der Waals surface area (Å²) in [7, 11) is 0. The molecule has 21 heavy (non-hydrogen) atoms. The van der Waals surface area contributed by atoms with Crippen molar-refractivity contribution in [2.75, 3.05) is 18.4 Å². The summed E-state index contributed by atoms with van der Waals surface area (Å²) in [5.74, 6) is -0.414. The lowest BCUT2D eigenvalue weighted by molar-refractivity contribution is -0.124. The molecular weight excluding hydrogens is 269 g/mol.